The van der Waals surface area contributed by atoms with Crippen LogP contribution in [0.5, 0.6) is 5.75 Å². The summed E-state index contributed by atoms with van der Waals surface area (Å²) >= 11 is 0. The average molecular weight is 621 g/mol. The number of amides is 4. The summed E-state index contributed by atoms with van der Waals surface area (Å²) in [7, 11) is 0. The monoisotopic (exact) mass is 620 g/mol. The normalized spacial score (nSPS) is 16.4. The second-order valence-electron chi connectivity index (χ2n) is 10.9. The SMILES string of the molecule is CCc1cc(C(=O)NC2CN(C(=O)COC=C3CCC3)c3ccccc3N(CC(=O)NC(C=O)CC(=O)O)C2=O)cc(C)c1O. The molecule has 0 bridgehead atoms. The Morgan fingerprint density at radius 3 is 2.47 bits per heavy atom. The predicted molar refractivity (Wildman–Crippen MR) is 163 cm³/mol. The van der Waals surface area contributed by atoms with Crippen molar-refractivity contribution in [1.29, 1.82) is 0 Å². The van der Waals surface area contributed by atoms with Crippen molar-refractivity contribution in [2.75, 3.05) is 29.5 Å². The Labute approximate surface area is 259 Å². The van der Waals surface area contributed by atoms with Crippen LogP contribution < -0.4 is 20.4 Å². The maximum atomic E-state index is 14.1. The standard InChI is InChI=1S/C32H36N4O9/c1-3-21-12-22(11-19(2)30(21)42)31(43)34-24-14-35(28(39)18-45-17-20-7-6-8-20)25-9-4-5-10-26(25)36(32(24)44)15-27(38)33-23(16-37)13-29(40)41/h4-5,9-12,16-17,23-24,42H,3,6-8,13-15,18H2,1-2H3,(H,33,38)(H,34,43)(H,40,41). The Hall–Kier alpha value is -5.20. The minimum Gasteiger partial charge on any atom is -0.507 e. The third kappa shape index (κ3) is 7.85. The van der Waals surface area contributed by atoms with Crippen molar-refractivity contribution in [2.45, 2.75) is 58.0 Å². The van der Waals surface area contributed by atoms with E-state index in [1.54, 1.807) is 31.4 Å². The lowest BCUT2D eigenvalue weighted by atomic mass is 9.94. The number of nitrogens with zero attached hydrogens (tertiary/aromatic N) is 2. The van der Waals surface area contributed by atoms with Crippen LogP contribution in [0.2, 0.25) is 0 Å². The molecular formula is C32H36N4O9. The van der Waals surface area contributed by atoms with Crippen LogP contribution in [-0.2, 0) is 35.1 Å². The number of aldehydes is 1. The number of rotatable bonds is 12. The fourth-order valence-electron chi connectivity index (χ4n) is 5.11. The van der Waals surface area contributed by atoms with Gasteiger partial charge in [-0.15, -0.1) is 0 Å². The number of nitrogens with one attached hydrogen (secondary N) is 2. The lowest BCUT2D eigenvalue weighted by molar-refractivity contribution is -0.139. The van der Waals surface area contributed by atoms with Crippen molar-refractivity contribution in [1.82, 2.24) is 10.6 Å². The lowest BCUT2D eigenvalue weighted by Crippen LogP contribution is -2.55. The summed E-state index contributed by atoms with van der Waals surface area (Å²) < 4.78 is 5.54. The first kappa shape index (κ1) is 32.7. The lowest BCUT2D eigenvalue weighted by Gasteiger charge is -2.25. The number of carbonyl (C=O) groups excluding carboxylic acids is 5. The molecule has 2 aromatic carbocycles. The van der Waals surface area contributed by atoms with E-state index >= 15 is 0 Å². The number of benzene rings is 2. The number of phenols is 1. The molecule has 238 valence electrons. The quantitative estimate of drug-likeness (QED) is 0.204. The number of carbonyl (C=O) groups is 6. The van der Waals surface area contributed by atoms with Crippen LogP contribution >= 0.6 is 0 Å². The minimum atomic E-state index is -1.33. The summed E-state index contributed by atoms with van der Waals surface area (Å²) in [6, 6.07) is 6.74. The van der Waals surface area contributed by atoms with Gasteiger partial charge in [0.2, 0.25) is 5.91 Å². The van der Waals surface area contributed by atoms with E-state index in [1.165, 1.54) is 23.1 Å². The van der Waals surface area contributed by atoms with Gasteiger partial charge in [-0.1, -0.05) is 19.1 Å². The Morgan fingerprint density at radius 1 is 1.13 bits per heavy atom. The zero-order valence-corrected chi connectivity index (χ0v) is 25.1. The summed E-state index contributed by atoms with van der Waals surface area (Å²) in [6.07, 6.45) is 4.50. The number of hydrogen-bond acceptors (Lipinski definition) is 8. The van der Waals surface area contributed by atoms with Gasteiger partial charge in [0, 0.05) is 5.56 Å². The van der Waals surface area contributed by atoms with Crippen molar-refractivity contribution in [3.05, 3.63) is 64.9 Å². The number of hydrogen-bond donors (Lipinski definition) is 4. The molecule has 1 fully saturated rings. The fraction of sp³-hybridized carbons (Fsp3) is 0.375. The van der Waals surface area contributed by atoms with Gasteiger partial charge in [0.15, 0.2) is 6.61 Å². The second kappa shape index (κ2) is 14.5. The Balaban J connectivity index is 1.67. The number of para-hydroxylation sites is 2. The molecule has 0 radical (unpaired) electrons. The molecule has 2 atom stereocenters. The largest absolute Gasteiger partial charge is 0.507 e. The summed E-state index contributed by atoms with van der Waals surface area (Å²) in [5.41, 5.74) is 2.76. The Bertz CT molecular complexity index is 1530. The van der Waals surface area contributed by atoms with E-state index in [4.69, 9.17) is 9.84 Å². The van der Waals surface area contributed by atoms with Gasteiger partial charge in [0.25, 0.3) is 17.7 Å². The minimum absolute atomic E-state index is 0.0670. The van der Waals surface area contributed by atoms with Gasteiger partial charge in [-0.2, -0.15) is 0 Å². The van der Waals surface area contributed by atoms with E-state index in [2.05, 4.69) is 10.6 Å². The number of carboxylic acid groups (broad SMARTS) is 1. The summed E-state index contributed by atoms with van der Waals surface area (Å²) in [5.74, 6) is -3.90. The van der Waals surface area contributed by atoms with Gasteiger partial charge in [-0.25, -0.2) is 0 Å². The highest BCUT2D eigenvalue weighted by Crippen LogP contribution is 2.33. The number of aryl methyl sites for hydroxylation is 2. The van der Waals surface area contributed by atoms with Crippen molar-refractivity contribution in [3.8, 4) is 5.75 Å². The molecule has 0 spiro atoms. The van der Waals surface area contributed by atoms with Gasteiger partial charge in [-0.05, 0) is 73.6 Å². The molecule has 2 aliphatic rings. The molecule has 13 heteroatoms. The molecular weight excluding hydrogens is 584 g/mol. The van der Waals surface area contributed by atoms with E-state index in [0.717, 1.165) is 29.7 Å². The van der Waals surface area contributed by atoms with Crippen LogP contribution in [0.25, 0.3) is 0 Å². The topological polar surface area (TPSA) is 183 Å². The highest BCUT2D eigenvalue weighted by Gasteiger charge is 2.38. The molecule has 1 saturated carbocycles. The van der Waals surface area contributed by atoms with Crippen LogP contribution in [0.1, 0.15) is 54.1 Å². The molecule has 1 heterocycles. The highest BCUT2D eigenvalue weighted by atomic mass is 16.5. The number of ether oxygens (including phenoxy) is 1. The Morgan fingerprint density at radius 2 is 1.84 bits per heavy atom. The van der Waals surface area contributed by atoms with E-state index in [-0.39, 0.29) is 42.1 Å². The van der Waals surface area contributed by atoms with Gasteiger partial charge in [0.1, 0.15) is 24.6 Å². The highest BCUT2D eigenvalue weighted by molar-refractivity contribution is 6.11. The summed E-state index contributed by atoms with van der Waals surface area (Å²) in [4.78, 5) is 78.9. The third-order valence-electron chi connectivity index (χ3n) is 7.68. The van der Waals surface area contributed by atoms with Gasteiger partial charge < -0.3 is 35.3 Å². The third-order valence-corrected chi connectivity index (χ3v) is 7.68. The predicted octanol–water partition coefficient (Wildman–Crippen LogP) is 1.98. The number of aromatic hydroxyl groups is 1. The van der Waals surface area contributed by atoms with Gasteiger partial charge in [-0.3, -0.25) is 28.9 Å². The first-order valence-corrected chi connectivity index (χ1v) is 14.6. The van der Waals surface area contributed by atoms with Crippen LogP contribution in [0.3, 0.4) is 0 Å². The molecule has 2 aromatic rings. The molecule has 45 heavy (non-hydrogen) atoms. The van der Waals surface area contributed by atoms with Crippen LogP contribution in [-0.4, -0.2) is 77.9 Å². The zero-order chi connectivity index (χ0) is 32.7. The number of phenolic OH excluding ortho intramolecular Hbond substituents is 1. The molecule has 13 nitrogen and oxygen atoms in total. The molecule has 0 saturated heterocycles. The van der Waals surface area contributed by atoms with E-state index in [9.17, 15) is 33.9 Å². The molecule has 4 amide bonds. The van der Waals surface area contributed by atoms with E-state index in [0.29, 0.717) is 17.5 Å². The molecule has 0 aromatic heterocycles. The number of carboxylic acids is 1. The Kier molecular flexibility index (Phi) is 10.6. The summed E-state index contributed by atoms with van der Waals surface area (Å²) in [6.45, 7) is 2.22. The molecule has 1 aliphatic carbocycles. The first-order chi connectivity index (χ1) is 21.5. The van der Waals surface area contributed by atoms with Crippen molar-refractivity contribution in [2.24, 2.45) is 0 Å². The smallest absolute Gasteiger partial charge is 0.305 e. The maximum absolute atomic E-state index is 14.1. The maximum Gasteiger partial charge on any atom is 0.305 e. The van der Waals surface area contributed by atoms with Crippen LogP contribution in [0, 0.1) is 6.92 Å². The van der Waals surface area contributed by atoms with Crippen molar-refractivity contribution >= 4 is 47.3 Å². The van der Waals surface area contributed by atoms with Gasteiger partial charge >= 0.3 is 5.97 Å². The van der Waals surface area contributed by atoms with E-state index < -0.39 is 54.6 Å². The van der Waals surface area contributed by atoms with Crippen molar-refractivity contribution in [3.63, 3.8) is 0 Å². The van der Waals surface area contributed by atoms with Crippen LogP contribution in [0.15, 0.2) is 48.2 Å². The molecule has 1 aliphatic heterocycles. The van der Waals surface area contributed by atoms with Crippen LogP contribution in [0.4, 0.5) is 11.4 Å². The molecule has 4 rings (SSSR count). The summed E-state index contributed by atoms with van der Waals surface area (Å²) in [5, 5.41) is 24.4. The number of anilines is 2. The molecule has 2 unspecified atom stereocenters. The average Bonchev–Trinajstić information content (AvgIpc) is 3.09. The van der Waals surface area contributed by atoms with E-state index in [1.807, 2.05) is 6.92 Å². The van der Waals surface area contributed by atoms with Gasteiger partial charge in [0.05, 0.1) is 36.6 Å². The zero-order valence-electron chi connectivity index (χ0n) is 25.1. The fourth-order valence-corrected chi connectivity index (χ4v) is 5.11. The molecule has 4 N–H and O–H groups in total. The number of fused-ring (bicyclic) bond motifs is 1. The first-order valence-electron chi connectivity index (χ1n) is 14.6. The second-order valence-corrected chi connectivity index (χ2v) is 10.9. The number of aliphatic carboxylic acids is 1. The van der Waals surface area contributed by atoms with Crippen molar-refractivity contribution < 1.29 is 43.7 Å². The number of allylic oxidation sites excluding steroid dienone is 1.